The van der Waals surface area contributed by atoms with Gasteiger partial charge in [0, 0.05) is 22.5 Å². The SMILES string of the molecule is CC(C)(C)CC(C)(C)C1(OC(=O)c2cc(C(C)(C)C)c(O)c(C(C)(C)C)c2)C(C(C)(C)C)=CC(C(=O)O)=C(c2ccccc2)C1C(C)(C)C. The van der Waals surface area contributed by atoms with Crippen molar-refractivity contribution in [1.82, 2.24) is 0 Å². The number of aliphatic carboxylic acids is 1. The number of phenols is 1. The number of rotatable bonds is 6. The Morgan fingerprint density at radius 2 is 1.20 bits per heavy atom. The van der Waals surface area contributed by atoms with Crippen LogP contribution in [0.5, 0.6) is 5.75 Å². The van der Waals surface area contributed by atoms with Crippen molar-refractivity contribution in [3.8, 4) is 5.75 Å². The maximum atomic E-state index is 15.1. The topological polar surface area (TPSA) is 83.8 Å². The van der Waals surface area contributed by atoms with E-state index in [4.69, 9.17) is 4.74 Å². The molecule has 0 spiro atoms. The molecule has 0 aliphatic heterocycles. The van der Waals surface area contributed by atoms with Crippen LogP contribution in [0.3, 0.4) is 0 Å². The molecule has 0 saturated carbocycles. The van der Waals surface area contributed by atoms with Crippen LogP contribution in [-0.4, -0.2) is 27.8 Å². The van der Waals surface area contributed by atoms with Gasteiger partial charge in [0.25, 0.3) is 0 Å². The van der Waals surface area contributed by atoms with Crippen LogP contribution in [0.2, 0.25) is 0 Å². The highest BCUT2D eigenvalue weighted by Crippen LogP contribution is 2.64. The summed E-state index contributed by atoms with van der Waals surface area (Å²) >= 11 is 0. The van der Waals surface area contributed by atoms with Gasteiger partial charge in [0.15, 0.2) is 0 Å². The van der Waals surface area contributed by atoms with E-state index < -0.39 is 50.5 Å². The van der Waals surface area contributed by atoms with Gasteiger partial charge in [-0.05, 0) is 68.4 Å². The lowest BCUT2D eigenvalue weighted by molar-refractivity contribution is -0.134. The van der Waals surface area contributed by atoms with Gasteiger partial charge in [-0.25, -0.2) is 9.59 Å². The van der Waals surface area contributed by atoms with E-state index in [0.717, 1.165) is 11.1 Å². The number of aromatic hydroxyl groups is 1. The van der Waals surface area contributed by atoms with Gasteiger partial charge >= 0.3 is 11.9 Å². The first-order chi connectivity index (χ1) is 21.9. The van der Waals surface area contributed by atoms with Crippen LogP contribution in [-0.2, 0) is 20.4 Å². The Hall–Kier alpha value is -3.34. The molecule has 2 atom stereocenters. The minimum atomic E-state index is -1.28. The summed E-state index contributed by atoms with van der Waals surface area (Å²) in [4.78, 5) is 28.4. The molecule has 1 aliphatic rings. The van der Waals surface area contributed by atoms with Crippen LogP contribution in [0, 0.1) is 27.6 Å². The summed E-state index contributed by atoms with van der Waals surface area (Å²) in [6.45, 7) is 35.7. The Morgan fingerprint density at radius 3 is 1.57 bits per heavy atom. The first kappa shape index (κ1) is 40.1. The molecule has 270 valence electrons. The molecule has 2 aromatic rings. The molecule has 0 aromatic heterocycles. The summed E-state index contributed by atoms with van der Waals surface area (Å²) < 4.78 is 7.29. The number of carboxylic acids is 1. The molecule has 2 aromatic carbocycles. The van der Waals surface area contributed by atoms with E-state index in [1.54, 1.807) is 12.1 Å². The van der Waals surface area contributed by atoms with Crippen molar-refractivity contribution in [3.63, 3.8) is 0 Å². The van der Waals surface area contributed by atoms with Gasteiger partial charge in [0.1, 0.15) is 11.4 Å². The van der Waals surface area contributed by atoms with Gasteiger partial charge in [0.05, 0.1) is 11.1 Å². The normalized spacial score (nSPS) is 19.9. The number of hydrogen-bond donors (Lipinski definition) is 2. The van der Waals surface area contributed by atoms with E-state index in [-0.39, 0.29) is 16.7 Å². The molecule has 5 heteroatoms. The van der Waals surface area contributed by atoms with Crippen molar-refractivity contribution < 1.29 is 24.5 Å². The summed E-state index contributed by atoms with van der Waals surface area (Å²) in [6.07, 6.45) is 2.50. The largest absolute Gasteiger partial charge is 0.507 e. The van der Waals surface area contributed by atoms with Gasteiger partial charge in [-0.3, -0.25) is 0 Å². The van der Waals surface area contributed by atoms with Gasteiger partial charge in [-0.15, -0.1) is 0 Å². The molecule has 2 N–H and O–H groups in total. The highest BCUT2D eigenvalue weighted by Gasteiger charge is 2.64. The fourth-order valence-corrected chi connectivity index (χ4v) is 8.34. The fourth-order valence-electron chi connectivity index (χ4n) is 8.34. The van der Waals surface area contributed by atoms with Crippen LogP contribution < -0.4 is 0 Å². The van der Waals surface area contributed by atoms with Gasteiger partial charge in [-0.1, -0.05) is 148 Å². The maximum absolute atomic E-state index is 15.1. The van der Waals surface area contributed by atoms with Crippen molar-refractivity contribution in [2.75, 3.05) is 0 Å². The first-order valence-electron chi connectivity index (χ1n) is 17.7. The predicted octanol–water partition coefficient (Wildman–Crippen LogP) is 11.5. The van der Waals surface area contributed by atoms with Crippen LogP contribution in [0.4, 0.5) is 0 Å². The Kier molecular flexibility index (Phi) is 10.4. The second-order valence-corrected chi connectivity index (χ2v) is 20.3. The van der Waals surface area contributed by atoms with Crippen LogP contribution in [0.1, 0.15) is 151 Å². The Morgan fingerprint density at radius 1 is 0.735 bits per heavy atom. The molecule has 2 unspecified atom stereocenters. The highest BCUT2D eigenvalue weighted by atomic mass is 16.6. The van der Waals surface area contributed by atoms with Crippen molar-refractivity contribution >= 4 is 17.5 Å². The monoisotopic (exact) mass is 672 g/mol. The molecule has 3 rings (SSSR count). The van der Waals surface area contributed by atoms with E-state index in [9.17, 15) is 15.0 Å². The lowest BCUT2D eigenvalue weighted by Crippen LogP contribution is -2.62. The minimum absolute atomic E-state index is 0.157. The van der Waals surface area contributed by atoms with Crippen LogP contribution in [0.15, 0.2) is 59.7 Å². The number of hydrogen-bond acceptors (Lipinski definition) is 4. The number of esters is 1. The van der Waals surface area contributed by atoms with Gasteiger partial charge in [0.2, 0.25) is 0 Å². The van der Waals surface area contributed by atoms with Gasteiger partial charge in [-0.2, -0.15) is 0 Å². The summed E-state index contributed by atoms with van der Waals surface area (Å²) in [5.41, 5.74) is 0.0441. The van der Waals surface area contributed by atoms with Crippen LogP contribution in [0.25, 0.3) is 5.57 Å². The van der Waals surface area contributed by atoms with E-state index in [1.165, 1.54) is 0 Å². The molecular weight excluding hydrogens is 608 g/mol. The zero-order chi connectivity index (χ0) is 37.9. The zero-order valence-corrected chi connectivity index (χ0v) is 33.5. The zero-order valence-electron chi connectivity index (χ0n) is 33.5. The van der Waals surface area contributed by atoms with E-state index in [0.29, 0.717) is 28.7 Å². The lowest BCUT2D eigenvalue weighted by atomic mass is 9.47. The van der Waals surface area contributed by atoms with Crippen LogP contribution >= 0.6 is 0 Å². The van der Waals surface area contributed by atoms with Crippen molar-refractivity contribution in [3.05, 3.63) is 81.9 Å². The molecule has 1 aliphatic carbocycles. The standard InChI is InChI=1S/C44H64O5/c1-38(2,3)26-43(16,17)44(49-37(48)28-23-30(39(4,5)6)34(45)31(24-28)40(7,8)9)32(41(10,11)12)25-29(36(46)47)33(35(44)42(13,14)15)27-21-19-18-20-22-27/h18-25,35,45H,26H2,1-17H3,(H,46,47). The highest BCUT2D eigenvalue weighted by molar-refractivity contribution is 6.02. The summed E-state index contributed by atoms with van der Waals surface area (Å²) in [5.74, 6) is -1.85. The van der Waals surface area contributed by atoms with Gasteiger partial charge < -0.3 is 14.9 Å². The first-order valence-corrected chi connectivity index (χ1v) is 17.7. The fraction of sp³-hybridized carbons (Fsp3) is 0.591. The number of ether oxygens (including phenoxy) is 1. The molecule has 0 radical (unpaired) electrons. The molecular formula is C44H64O5. The lowest BCUT2D eigenvalue weighted by Gasteiger charge is -2.60. The number of carbonyl (C=O) groups is 2. The third kappa shape index (κ3) is 8.02. The summed E-state index contributed by atoms with van der Waals surface area (Å²) in [6, 6.07) is 13.3. The summed E-state index contributed by atoms with van der Waals surface area (Å²) in [7, 11) is 0. The average molecular weight is 673 g/mol. The maximum Gasteiger partial charge on any atom is 0.339 e. The number of carboxylic acid groups (broad SMARTS) is 1. The molecule has 0 amide bonds. The molecule has 5 nitrogen and oxygen atoms in total. The van der Waals surface area contributed by atoms with Crippen molar-refractivity contribution in [2.24, 2.45) is 27.6 Å². The van der Waals surface area contributed by atoms with E-state index in [1.807, 2.05) is 78.0 Å². The molecule has 49 heavy (non-hydrogen) atoms. The smallest absolute Gasteiger partial charge is 0.339 e. The third-order valence-corrected chi connectivity index (χ3v) is 9.86. The Labute approximate surface area is 297 Å². The molecule has 0 saturated heterocycles. The predicted molar refractivity (Wildman–Crippen MR) is 203 cm³/mol. The second kappa shape index (κ2) is 12.8. The van der Waals surface area contributed by atoms with E-state index >= 15 is 4.79 Å². The van der Waals surface area contributed by atoms with Crippen molar-refractivity contribution in [2.45, 2.75) is 141 Å². The number of phenolic OH excluding ortho intramolecular Hbond substituents is 1. The van der Waals surface area contributed by atoms with Crippen molar-refractivity contribution in [1.29, 1.82) is 0 Å². The Bertz CT molecular complexity index is 1600. The number of benzene rings is 2. The average Bonchev–Trinajstić information content (AvgIpc) is 2.88. The molecule has 0 fully saturated rings. The molecule has 0 bridgehead atoms. The molecule has 0 heterocycles. The van der Waals surface area contributed by atoms with E-state index in [2.05, 4.69) is 76.2 Å². The quantitative estimate of drug-likeness (QED) is 0.298. The number of carbonyl (C=O) groups excluding carboxylic acids is 1. The Balaban J connectivity index is 2.62. The third-order valence-electron chi connectivity index (χ3n) is 9.86. The minimum Gasteiger partial charge on any atom is -0.507 e. The second-order valence-electron chi connectivity index (χ2n) is 20.3. The summed E-state index contributed by atoms with van der Waals surface area (Å²) in [5, 5.41) is 22.4.